The van der Waals surface area contributed by atoms with Crippen LogP contribution >= 0.6 is 11.3 Å². The van der Waals surface area contributed by atoms with Gasteiger partial charge in [0.05, 0.1) is 15.1 Å². The molecule has 1 aliphatic rings. The second kappa shape index (κ2) is 8.53. The number of thiazole rings is 1. The van der Waals surface area contributed by atoms with Crippen LogP contribution in [0, 0.1) is 5.92 Å². The summed E-state index contributed by atoms with van der Waals surface area (Å²) in [6.45, 7) is 7.11. The topological polar surface area (TPSA) is 71.4 Å². The van der Waals surface area contributed by atoms with E-state index in [0.717, 1.165) is 35.5 Å². The van der Waals surface area contributed by atoms with Gasteiger partial charge in [0.25, 0.3) is 0 Å². The standard InChI is InChI=1S/C22H27N3O3S2/c1-3-25-20-11-10-19(13-21(20)29-22(25)26)30(27,28)23-14-17-6-8-18(9-7-17)24-12-4-5-16(2)15-24/h6-11,13,16,23H,3-5,12,14-15H2,1-2H3. The van der Waals surface area contributed by atoms with Crippen molar-refractivity contribution in [2.75, 3.05) is 18.0 Å². The van der Waals surface area contributed by atoms with Crippen LogP contribution in [0.4, 0.5) is 5.69 Å². The van der Waals surface area contributed by atoms with E-state index >= 15 is 0 Å². The largest absolute Gasteiger partial charge is 0.371 e. The summed E-state index contributed by atoms with van der Waals surface area (Å²) in [5, 5.41) is 0. The van der Waals surface area contributed by atoms with Gasteiger partial charge in [-0.15, -0.1) is 0 Å². The first-order chi connectivity index (χ1) is 14.4. The molecule has 3 aromatic rings. The lowest BCUT2D eigenvalue weighted by Crippen LogP contribution is -2.34. The Morgan fingerprint density at radius 2 is 1.93 bits per heavy atom. The lowest BCUT2D eigenvalue weighted by atomic mass is 9.99. The zero-order chi connectivity index (χ0) is 21.3. The van der Waals surface area contributed by atoms with Crippen molar-refractivity contribution in [1.29, 1.82) is 0 Å². The van der Waals surface area contributed by atoms with Crippen LogP contribution < -0.4 is 14.5 Å². The van der Waals surface area contributed by atoms with Crippen molar-refractivity contribution in [3.8, 4) is 0 Å². The molecule has 0 aliphatic carbocycles. The van der Waals surface area contributed by atoms with Crippen LogP contribution in [0.1, 0.15) is 32.3 Å². The minimum Gasteiger partial charge on any atom is -0.371 e. The minimum atomic E-state index is -3.66. The Labute approximate surface area is 181 Å². The Morgan fingerprint density at radius 1 is 1.17 bits per heavy atom. The number of sulfonamides is 1. The van der Waals surface area contributed by atoms with Crippen LogP contribution in [0.25, 0.3) is 10.2 Å². The van der Waals surface area contributed by atoms with E-state index < -0.39 is 10.0 Å². The first-order valence-corrected chi connectivity index (χ1v) is 12.6. The van der Waals surface area contributed by atoms with Crippen LogP contribution in [0.15, 0.2) is 52.2 Å². The molecule has 1 fully saturated rings. The molecule has 6 nitrogen and oxygen atoms in total. The van der Waals surface area contributed by atoms with Crippen molar-refractivity contribution in [2.45, 2.75) is 44.7 Å². The highest BCUT2D eigenvalue weighted by Gasteiger charge is 2.18. The smallest absolute Gasteiger partial charge is 0.308 e. The molecule has 1 aliphatic heterocycles. The van der Waals surface area contributed by atoms with Crippen molar-refractivity contribution in [3.05, 3.63) is 57.7 Å². The van der Waals surface area contributed by atoms with Crippen molar-refractivity contribution in [1.82, 2.24) is 9.29 Å². The van der Waals surface area contributed by atoms with E-state index in [1.165, 1.54) is 18.5 Å². The molecule has 0 radical (unpaired) electrons. The molecule has 2 aromatic carbocycles. The summed E-state index contributed by atoms with van der Waals surface area (Å²) >= 11 is 1.07. The maximum Gasteiger partial charge on any atom is 0.308 e. The third kappa shape index (κ3) is 4.31. The quantitative estimate of drug-likeness (QED) is 0.627. The molecule has 8 heteroatoms. The number of fused-ring (bicyclic) bond motifs is 1. The minimum absolute atomic E-state index is 0.0711. The Bertz CT molecular complexity index is 1200. The molecule has 1 N–H and O–H groups in total. The SMILES string of the molecule is CCn1c(=O)sc2cc(S(=O)(=O)NCc3ccc(N4CCCC(C)C4)cc3)ccc21. The van der Waals surface area contributed by atoms with Gasteiger partial charge in [0.15, 0.2) is 0 Å². The summed E-state index contributed by atoms with van der Waals surface area (Å²) in [6.07, 6.45) is 2.49. The molecular formula is C22H27N3O3S2. The molecule has 1 aromatic heterocycles. The Balaban J connectivity index is 1.46. The van der Waals surface area contributed by atoms with E-state index in [1.807, 2.05) is 19.1 Å². The fourth-order valence-electron chi connectivity index (χ4n) is 4.02. The molecule has 0 saturated carbocycles. The molecule has 30 heavy (non-hydrogen) atoms. The summed E-state index contributed by atoms with van der Waals surface area (Å²) in [5.74, 6) is 0.704. The van der Waals surface area contributed by atoms with Crippen LogP contribution in [-0.4, -0.2) is 26.1 Å². The third-order valence-electron chi connectivity index (χ3n) is 5.69. The number of benzene rings is 2. The molecule has 0 amide bonds. The molecule has 1 unspecified atom stereocenters. The van der Waals surface area contributed by atoms with E-state index in [9.17, 15) is 13.2 Å². The highest BCUT2D eigenvalue weighted by molar-refractivity contribution is 7.89. The fraction of sp³-hybridized carbons (Fsp3) is 0.409. The number of aromatic nitrogens is 1. The maximum atomic E-state index is 12.8. The number of hydrogen-bond acceptors (Lipinski definition) is 5. The zero-order valence-electron chi connectivity index (χ0n) is 17.3. The highest BCUT2D eigenvalue weighted by atomic mass is 32.2. The number of aryl methyl sites for hydroxylation is 1. The van der Waals surface area contributed by atoms with E-state index in [-0.39, 0.29) is 16.3 Å². The lowest BCUT2D eigenvalue weighted by molar-refractivity contribution is 0.447. The summed E-state index contributed by atoms with van der Waals surface area (Å²) in [4.78, 5) is 14.5. The first kappa shape index (κ1) is 21.1. The molecular weight excluding hydrogens is 418 g/mol. The van der Waals surface area contributed by atoms with E-state index in [2.05, 4.69) is 28.7 Å². The van der Waals surface area contributed by atoms with Crippen molar-refractivity contribution in [3.63, 3.8) is 0 Å². The summed E-state index contributed by atoms with van der Waals surface area (Å²) in [7, 11) is -3.66. The zero-order valence-corrected chi connectivity index (χ0v) is 18.9. The van der Waals surface area contributed by atoms with Gasteiger partial charge in [-0.05, 0) is 61.6 Å². The van der Waals surface area contributed by atoms with Gasteiger partial charge in [-0.25, -0.2) is 13.1 Å². The van der Waals surface area contributed by atoms with Crippen molar-refractivity contribution in [2.24, 2.45) is 5.92 Å². The van der Waals surface area contributed by atoms with Crippen molar-refractivity contribution < 1.29 is 8.42 Å². The van der Waals surface area contributed by atoms with Gasteiger partial charge in [0.1, 0.15) is 0 Å². The number of nitrogens with one attached hydrogen (secondary N) is 1. The van der Waals surface area contributed by atoms with Gasteiger partial charge in [-0.2, -0.15) is 0 Å². The van der Waals surface area contributed by atoms with Crippen LogP contribution in [0.5, 0.6) is 0 Å². The number of nitrogens with zero attached hydrogens (tertiary/aromatic N) is 2. The molecule has 160 valence electrons. The number of anilines is 1. The third-order valence-corrected chi connectivity index (χ3v) is 8.03. The average Bonchev–Trinajstić information content (AvgIpc) is 3.06. The second-order valence-corrected chi connectivity index (χ2v) is 10.7. The van der Waals surface area contributed by atoms with E-state index in [4.69, 9.17) is 0 Å². The predicted octanol–water partition coefficient (Wildman–Crippen LogP) is 3.80. The molecule has 2 heterocycles. The Hall–Kier alpha value is -2.16. The van der Waals surface area contributed by atoms with Gasteiger partial charge >= 0.3 is 4.87 Å². The van der Waals surface area contributed by atoms with Gasteiger partial charge < -0.3 is 4.90 Å². The fourth-order valence-corrected chi connectivity index (χ4v) is 6.14. The van der Waals surface area contributed by atoms with Gasteiger partial charge in [-0.3, -0.25) is 9.36 Å². The number of hydrogen-bond donors (Lipinski definition) is 1. The lowest BCUT2D eigenvalue weighted by Gasteiger charge is -2.32. The van der Waals surface area contributed by atoms with Crippen LogP contribution in [-0.2, 0) is 23.1 Å². The first-order valence-electron chi connectivity index (χ1n) is 10.3. The predicted molar refractivity (Wildman–Crippen MR) is 123 cm³/mol. The van der Waals surface area contributed by atoms with E-state index in [0.29, 0.717) is 17.2 Å². The van der Waals surface area contributed by atoms with Gasteiger partial charge in [0.2, 0.25) is 10.0 Å². The highest BCUT2D eigenvalue weighted by Crippen LogP contribution is 2.24. The van der Waals surface area contributed by atoms with Gasteiger partial charge in [-0.1, -0.05) is 30.4 Å². The van der Waals surface area contributed by atoms with E-state index in [1.54, 1.807) is 22.8 Å². The number of piperidine rings is 1. The molecule has 0 spiro atoms. The summed E-state index contributed by atoms with van der Waals surface area (Å²) < 4.78 is 30.5. The Morgan fingerprint density at radius 3 is 2.63 bits per heavy atom. The summed E-state index contributed by atoms with van der Waals surface area (Å²) in [6, 6.07) is 12.9. The Kier molecular flexibility index (Phi) is 5.99. The molecule has 1 saturated heterocycles. The molecule has 1 atom stereocenters. The second-order valence-electron chi connectivity index (χ2n) is 7.93. The van der Waals surface area contributed by atoms with Crippen LogP contribution in [0.3, 0.4) is 0 Å². The van der Waals surface area contributed by atoms with Gasteiger partial charge in [0, 0.05) is 31.9 Å². The molecule has 4 rings (SSSR count). The monoisotopic (exact) mass is 445 g/mol. The maximum absolute atomic E-state index is 12.8. The molecule has 0 bridgehead atoms. The normalized spacial score (nSPS) is 17.5. The van der Waals surface area contributed by atoms with Crippen molar-refractivity contribution >= 4 is 37.3 Å². The summed E-state index contributed by atoms with van der Waals surface area (Å²) in [5.41, 5.74) is 2.87. The van der Waals surface area contributed by atoms with Crippen LogP contribution in [0.2, 0.25) is 0 Å². The average molecular weight is 446 g/mol. The number of rotatable bonds is 6.